The molecule has 0 N–H and O–H groups in total. The second-order valence-electron chi connectivity index (χ2n) is 5.62. The Labute approximate surface area is 118 Å². The molecule has 5 heteroatoms. The van der Waals surface area contributed by atoms with Gasteiger partial charge in [0.15, 0.2) is 5.82 Å². The van der Waals surface area contributed by atoms with E-state index in [1.807, 2.05) is 0 Å². The summed E-state index contributed by atoms with van der Waals surface area (Å²) in [5, 5.41) is 3.84. The van der Waals surface area contributed by atoms with Gasteiger partial charge in [0.1, 0.15) is 13.9 Å². The predicted molar refractivity (Wildman–Crippen MR) is 77.9 cm³/mol. The van der Waals surface area contributed by atoms with Crippen LogP contribution in [0, 0.1) is 23.1 Å². The summed E-state index contributed by atoms with van der Waals surface area (Å²) in [6.45, 7) is 6.55. The van der Waals surface area contributed by atoms with Gasteiger partial charge in [0.2, 0.25) is 0 Å². The van der Waals surface area contributed by atoms with E-state index in [4.69, 9.17) is 0 Å². The molecule has 20 heavy (non-hydrogen) atoms. The summed E-state index contributed by atoms with van der Waals surface area (Å²) in [4.78, 5) is 0. The third-order valence-corrected chi connectivity index (χ3v) is 3.49. The molecule has 2 nitrogen and oxygen atoms in total. The zero-order chi connectivity index (χ0) is 14.8. The lowest BCUT2D eigenvalue weighted by Crippen LogP contribution is -2.16. The highest BCUT2D eigenvalue weighted by atomic mass is 28.3. The molecular formula is C15H16F2N2Si. The van der Waals surface area contributed by atoms with Crippen LogP contribution in [0.4, 0.5) is 8.78 Å². The summed E-state index contributed by atoms with van der Waals surface area (Å²) in [7, 11) is -1.53. The van der Waals surface area contributed by atoms with Gasteiger partial charge in [-0.3, -0.25) is 4.68 Å². The molecule has 0 radical (unpaired) electrons. The van der Waals surface area contributed by atoms with Crippen molar-refractivity contribution in [2.24, 2.45) is 0 Å². The minimum absolute atomic E-state index is 0.173. The smallest absolute Gasteiger partial charge is 0.161 e. The third kappa shape index (κ3) is 3.78. The fourth-order valence-electron chi connectivity index (χ4n) is 1.68. The van der Waals surface area contributed by atoms with Gasteiger partial charge in [-0.05, 0) is 12.1 Å². The first-order chi connectivity index (χ1) is 9.35. The molecule has 0 spiro atoms. The molecule has 0 aliphatic carbocycles. The Morgan fingerprint density at radius 1 is 1.25 bits per heavy atom. The Morgan fingerprint density at radius 2 is 2.00 bits per heavy atom. The highest BCUT2D eigenvalue weighted by molar-refractivity contribution is 6.83. The minimum atomic E-state index is -1.53. The van der Waals surface area contributed by atoms with E-state index in [0.29, 0.717) is 11.1 Å². The van der Waals surface area contributed by atoms with Crippen molar-refractivity contribution < 1.29 is 8.78 Å². The van der Waals surface area contributed by atoms with E-state index in [-0.39, 0.29) is 12.4 Å². The van der Waals surface area contributed by atoms with Crippen LogP contribution in [-0.4, -0.2) is 17.9 Å². The van der Waals surface area contributed by atoms with Crippen molar-refractivity contribution in [1.82, 2.24) is 9.78 Å². The lowest BCUT2D eigenvalue weighted by molar-refractivity contribution is 0.580. The van der Waals surface area contributed by atoms with Crippen LogP contribution in [0.25, 0.3) is 0 Å². The summed E-state index contributed by atoms with van der Waals surface area (Å²) in [5.41, 5.74) is 4.30. The first-order valence-electron chi connectivity index (χ1n) is 6.34. The van der Waals surface area contributed by atoms with Crippen LogP contribution >= 0.6 is 0 Å². The largest absolute Gasteiger partial charge is 0.265 e. The monoisotopic (exact) mass is 290 g/mol. The first-order valence-corrected chi connectivity index (χ1v) is 9.84. The molecule has 0 unspecified atom stereocenters. The van der Waals surface area contributed by atoms with Gasteiger partial charge < -0.3 is 0 Å². The number of benzene rings is 1. The zero-order valence-electron chi connectivity index (χ0n) is 11.7. The van der Waals surface area contributed by atoms with E-state index >= 15 is 0 Å². The summed E-state index contributed by atoms with van der Waals surface area (Å²) in [6, 6.07) is 4.80. The normalized spacial score (nSPS) is 11.1. The summed E-state index contributed by atoms with van der Waals surface area (Å²) in [5.74, 6) is 2.28. The highest BCUT2D eigenvalue weighted by Gasteiger charge is 2.11. The van der Waals surface area contributed by atoms with Gasteiger partial charge in [-0.2, -0.15) is 5.10 Å². The maximum absolute atomic E-state index is 14.0. The van der Waals surface area contributed by atoms with E-state index in [9.17, 15) is 8.78 Å². The Kier molecular flexibility index (Phi) is 4.05. The number of rotatable bonds is 2. The molecule has 0 atom stereocenters. The van der Waals surface area contributed by atoms with Crippen molar-refractivity contribution >= 4 is 8.07 Å². The fraction of sp³-hybridized carbons (Fsp3) is 0.267. The van der Waals surface area contributed by atoms with Crippen molar-refractivity contribution in [3.05, 3.63) is 53.4 Å². The Bertz CT molecular complexity index is 675. The Hall–Kier alpha value is -1.93. The lowest BCUT2D eigenvalue weighted by atomic mass is 10.1. The van der Waals surface area contributed by atoms with Gasteiger partial charge in [-0.25, -0.2) is 8.78 Å². The number of hydrogen-bond acceptors (Lipinski definition) is 1. The lowest BCUT2D eigenvalue weighted by Gasteiger charge is -2.08. The molecule has 0 saturated carbocycles. The van der Waals surface area contributed by atoms with Crippen molar-refractivity contribution in [2.45, 2.75) is 26.2 Å². The van der Waals surface area contributed by atoms with Crippen molar-refractivity contribution in [1.29, 1.82) is 0 Å². The van der Waals surface area contributed by atoms with Crippen molar-refractivity contribution in [2.75, 3.05) is 0 Å². The predicted octanol–water partition coefficient (Wildman–Crippen LogP) is 3.44. The number of hydrogen-bond donors (Lipinski definition) is 0. The SMILES string of the molecule is C[Si](C)(C)C#Cc1cccc(F)c1Cn1cc(F)cn1. The number of halogens is 2. The van der Waals surface area contributed by atoms with Crippen molar-refractivity contribution in [3.63, 3.8) is 0 Å². The summed E-state index contributed by atoms with van der Waals surface area (Å²) in [6.07, 6.45) is 2.34. The van der Waals surface area contributed by atoms with Gasteiger partial charge in [0.25, 0.3) is 0 Å². The molecule has 1 heterocycles. The Balaban J connectivity index is 2.38. The minimum Gasteiger partial charge on any atom is -0.265 e. The zero-order valence-corrected chi connectivity index (χ0v) is 12.7. The molecule has 1 aromatic carbocycles. The van der Waals surface area contributed by atoms with Crippen LogP contribution in [0.2, 0.25) is 19.6 Å². The van der Waals surface area contributed by atoms with Gasteiger partial charge in [-0.15, -0.1) is 5.54 Å². The molecule has 2 aromatic rings. The average molecular weight is 290 g/mol. The Morgan fingerprint density at radius 3 is 2.60 bits per heavy atom. The molecule has 0 saturated heterocycles. The summed E-state index contributed by atoms with van der Waals surface area (Å²) >= 11 is 0. The number of nitrogens with zero attached hydrogens (tertiary/aromatic N) is 2. The van der Waals surface area contributed by atoms with Crippen LogP contribution < -0.4 is 0 Å². The van der Waals surface area contributed by atoms with Crippen LogP contribution in [0.15, 0.2) is 30.6 Å². The van der Waals surface area contributed by atoms with Gasteiger partial charge >= 0.3 is 0 Å². The molecule has 0 amide bonds. The average Bonchev–Trinajstić information content (AvgIpc) is 2.75. The molecule has 104 valence electrons. The molecule has 0 bridgehead atoms. The molecule has 0 fully saturated rings. The van der Waals surface area contributed by atoms with Crippen LogP contribution in [0.5, 0.6) is 0 Å². The quantitative estimate of drug-likeness (QED) is 0.612. The molecule has 0 aliphatic rings. The molecule has 0 aliphatic heterocycles. The highest BCUT2D eigenvalue weighted by Crippen LogP contribution is 2.15. The van der Waals surface area contributed by atoms with E-state index in [2.05, 4.69) is 36.2 Å². The van der Waals surface area contributed by atoms with E-state index in [0.717, 1.165) is 6.20 Å². The number of aromatic nitrogens is 2. The molecule has 2 rings (SSSR count). The van der Waals surface area contributed by atoms with E-state index in [1.165, 1.54) is 16.9 Å². The molecular weight excluding hydrogens is 274 g/mol. The van der Waals surface area contributed by atoms with Crippen LogP contribution in [0.1, 0.15) is 11.1 Å². The maximum atomic E-state index is 14.0. The van der Waals surface area contributed by atoms with Crippen molar-refractivity contribution in [3.8, 4) is 11.5 Å². The van der Waals surface area contributed by atoms with E-state index in [1.54, 1.807) is 12.1 Å². The second kappa shape index (κ2) is 5.59. The van der Waals surface area contributed by atoms with Crippen LogP contribution in [0.3, 0.4) is 0 Å². The topological polar surface area (TPSA) is 17.8 Å². The van der Waals surface area contributed by atoms with Gasteiger partial charge in [0, 0.05) is 11.1 Å². The standard InChI is InChI=1S/C15H16F2N2Si/c1-20(2,3)8-7-12-5-4-6-15(17)14(12)11-19-10-13(16)9-18-19/h4-6,9-10H,11H2,1-3H3. The maximum Gasteiger partial charge on any atom is 0.161 e. The van der Waals surface area contributed by atoms with Crippen LogP contribution in [-0.2, 0) is 6.54 Å². The second-order valence-corrected chi connectivity index (χ2v) is 10.4. The van der Waals surface area contributed by atoms with E-state index < -0.39 is 13.9 Å². The first kappa shape index (κ1) is 14.5. The fourth-order valence-corrected chi connectivity index (χ4v) is 2.19. The van der Waals surface area contributed by atoms with Gasteiger partial charge in [0.05, 0.1) is 18.9 Å². The third-order valence-electron chi connectivity index (χ3n) is 2.61. The molecule has 1 aromatic heterocycles. The summed E-state index contributed by atoms with van der Waals surface area (Å²) < 4.78 is 28.3. The van der Waals surface area contributed by atoms with Gasteiger partial charge in [-0.1, -0.05) is 31.6 Å².